The summed E-state index contributed by atoms with van der Waals surface area (Å²) in [7, 11) is 0. The van der Waals surface area contributed by atoms with E-state index < -0.39 is 0 Å². The minimum Gasteiger partial charge on any atom is -0.379 e. The van der Waals surface area contributed by atoms with Crippen LogP contribution in [-0.2, 0) is 14.2 Å². The summed E-state index contributed by atoms with van der Waals surface area (Å²) in [4.78, 5) is 0. The van der Waals surface area contributed by atoms with E-state index in [0.29, 0.717) is 10.5 Å². The first-order valence-electron chi connectivity index (χ1n) is 5.27. The van der Waals surface area contributed by atoms with E-state index >= 15 is 0 Å². The van der Waals surface area contributed by atoms with Gasteiger partial charge in [-0.05, 0) is 18.8 Å². The highest BCUT2D eigenvalue weighted by atomic mass is 127. The van der Waals surface area contributed by atoms with Gasteiger partial charge < -0.3 is 14.2 Å². The van der Waals surface area contributed by atoms with Gasteiger partial charge in [-0.3, -0.25) is 0 Å². The first kappa shape index (κ1) is 11.1. The minimum atomic E-state index is 0.278. The predicted octanol–water partition coefficient (Wildman–Crippen LogP) is 1.63. The van der Waals surface area contributed by atoms with Crippen LogP contribution in [0.1, 0.15) is 12.8 Å². The van der Waals surface area contributed by atoms with Crippen LogP contribution in [0.25, 0.3) is 0 Å². The molecule has 0 aromatic rings. The van der Waals surface area contributed by atoms with Crippen LogP contribution in [0.3, 0.4) is 0 Å². The van der Waals surface area contributed by atoms with Crippen molar-refractivity contribution in [3.05, 3.63) is 0 Å². The summed E-state index contributed by atoms with van der Waals surface area (Å²) in [5, 5.41) is 0. The van der Waals surface area contributed by atoms with E-state index in [-0.39, 0.29) is 6.10 Å². The normalized spacial score (nSPS) is 32.4. The lowest BCUT2D eigenvalue weighted by Crippen LogP contribution is -2.24. The number of ether oxygens (including phenoxy) is 3. The summed E-state index contributed by atoms with van der Waals surface area (Å²) in [6, 6.07) is 0. The molecule has 0 aromatic carbocycles. The van der Waals surface area contributed by atoms with Crippen molar-refractivity contribution in [1.82, 2.24) is 0 Å². The smallest absolute Gasteiger partial charge is 0.0949 e. The Hall–Kier alpha value is 0.610. The molecule has 82 valence electrons. The second kappa shape index (κ2) is 5.63. The van der Waals surface area contributed by atoms with Crippen LogP contribution in [0, 0.1) is 5.92 Å². The van der Waals surface area contributed by atoms with Gasteiger partial charge in [0.2, 0.25) is 0 Å². The minimum absolute atomic E-state index is 0.278. The second-order valence-corrected chi connectivity index (χ2v) is 5.58. The number of halogens is 1. The highest BCUT2D eigenvalue weighted by Crippen LogP contribution is 2.28. The Kier molecular flexibility index (Phi) is 4.46. The largest absolute Gasteiger partial charge is 0.379 e. The third-order valence-electron chi connectivity index (χ3n) is 2.57. The summed E-state index contributed by atoms with van der Waals surface area (Å²) in [5.41, 5.74) is 0. The number of alkyl halides is 1. The van der Waals surface area contributed by atoms with Gasteiger partial charge in [-0.25, -0.2) is 0 Å². The molecule has 0 spiro atoms. The zero-order valence-electron chi connectivity index (χ0n) is 8.28. The molecule has 4 heteroatoms. The molecular formula is C10H17IO3. The summed E-state index contributed by atoms with van der Waals surface area (Å²) < 4.78 is 17.0. The zero-order valence-corrected chi connectivity index (χ0v) is 10.4. The average Bonchev–Trinajstić information content (AvgIpc) is 2.91. The molecule has 0 amide bonds. The predicted molar refractivity (Wildman–Crippen MR) is 61.9 cm³/mol. The molecule has 1 saturated carbocycles. The maximum absolute atomic E-state index is 5.66. The lowest BCUT2D eigenvalue weighted by molar-refractivity contribution is 0.00125. The zero-order chi connectivity index (χ0) is 9.80. The van der Waals surface area contributed by atoms with Crippen molar-refractivity contribution in [2.45, 2.75) is 22.9 Å². The Balaban J connectivity index is 1.45. The number of hydrogen-bond donors (Lipinski definition) is 0. The molecule has 0 N–H and O–H groups in total. The Bertz CT molecular complexity index is 173. The van der Waals surface area contributed by atoms with Gasteiger partial charge in [0.25, 0.3) is 0 Å². The maximum atomic E-state index is 5.66. The Morgan fingerprint density at radius 1 is 1.21 bits per heavy atom. The van der Waals surface area contributed by atoms with Gasteiger partial charge in [0, 0.05) is 6.61 Å². The van der Waals surface area contributed by atoms with E-state index in [2.05, 4.69) is 22.6 Å². The van der Waals surface area contributed by atoms with Crippen molar-refractivity contribution in [2.75, 3.05) is 33.0 Å². The van der Waals surface area contributed by atoms with Crippen molar-refractivity contribution in [3.63, 3.8) is 0 Å². The summed E-state index contributed by atoms with van der Waals surface area (Å²) in [6.07, 6.45) is 2.99. The number of hydrogen-bond acceptors (Lipinski definition) is 3. The van der Waals surface area contributed by atoms with Crippen LogP contribution in [-0.4, -0.2) is 43.1 Å². The number of rotatable bonds is 6. The second-order valence-electron chi connectivity index (χ2n) is 3.98. The summed E-state index contributed by atoms with van der Waals surface area (Å²) >= 11 is 2.38. The first-order valence-corrected chi connectivity index (χ1v) is 6.52. The van der Waals surface area contributed by atoms with E-state index in [9.17, 15) is 0 Å². The van der Waals surface area contributed by atoms with Crippen molar-refractivity contribution < 1.29 is 14.2 Å². The van der Waals surface area contributed by atoms with Gasteiger partial charge in [0.1, 0.15) is 0 Å². The Morgan fingerprint density at radius 3 is 2.71 bits per heavy atom. The van der Waals surface area contributed by atoms with Crippen molar-refractivity contribution in [1.29, 1.82) is 0 Å². The highest BCUT2D eigenvalue weighted by molar-refractivity contribution is 14.1. The van der Waals surface area contributed by atoms with Crippen LogP contribution in [0.4, 0.5) is 0 Å². The van der Waals surface area contributed by atoms with Crippen LogP contribution in [0.5, 0.6) is 0 Å². The molecule has 3 nitrogen and oxygen atoms in total. The Morgan fingerprint density at radius 2 is 2.07 bits per heavy atom. The molecule has 0 radical (unpaired) electrons. The van der Waals surface area contributed by atoms with E-state index in [1.54, 1.807) is 0 Å². The topological polar surface area (TPSA) is 27.7 Å². The van der Waals surface area contributed by atoms with Gasteiger partial charge in [-0.1, -0.05) is 22.6 Å². The molecule has 0 bridgehead atoms. The molecule has 1 aliphatic heterocycles. The molecule has 2 fully saturated rings. The quantitative estimate of drug-likeness (QED) is 0.424. The SMILES string of the molecule is IC1COCC1OCCOCC1CC1. The molecule has 1 heterocycles. The standard InChI is InChI=1S/C10H17IO3/c11-9-6-13-7-10(9)14-4-3-12-5-8-1-2-8/h8-10H,1-7H2. The maximum Gasteiger partial charge on any atom is 0.0949 e. The van der Waals surface area contributed by atoms with E-state index in [4.69, 9.17) is 14.2 Å². The lowest BCUT2D eigenvalue weighted by atomic mass is 10.3. The third kappa shape index (κ3) is 3.64. The highest BCUT2D eigenvalue weighted by Gasteiger charge is 2.26. The monoisotopic (exact) mass is 312 g/mol. The van der Waals surface area contributed by atoms with Crippen molar-refractivity contribution in [2.24, 2.45) is 5.92 Å². The van der Waals surface area contributed by atoms with Gasteiger partial charge in [0.15, 0.2) is 0 Å². The van der Waals surface area contributed by atoms with Gasteiger partial charge in [0.05, 0.1) is 36.5 Å². The molecule has 2 atom stereocenters. The summed E-state index contributed by atoms with van der Waals surface area (Å²) in [6.45, 7) is 3.94. The van der Waals surface area contributed by atoms with E-state index in [0.717, 1.165) is 32.3 Å². The summed E-state index contributed by atoms with van der Waals surface area (Å²) in [5.74, 6) is 0.849. The fraction of sp³-hybridized carbons (Fsp3) is 1.00. The van der Waals surface area contributed by atoms with Gasteiger partial charge in [-0.2, -0.15) is 0 Å². The van der Waals surface area contributed by atoms with Gasteiger partial charge >= 0.3 is 0 Å². The molecule has 14 heavy (non-hydrogen) atoms. The molecular weight excluding hydrogens is 295 g/mol. The van der Waals surface area contributed by atoms with Gasteiger partial charge in [-0.15, -0.1) is 0 Å². The van der Waals surface area contributed by atoms with Crippen LogP contribution >= 0.6 is 22.6 Å². The molecule has 2 aliphatic rings. The molecule has 1 aliphatic carbocycles. The van der Waals surface area contributed by atoms with Crippen LogP contribution < -0.4 is 0 Å². The van der Waals surface area contributed by atoms with E-state index in [1.165, 1.54) is 12.8 Å². The fourth-order valence-corrected chi connectivity index (χ4v) is 2.12. The fourth-order valence-electron chi connectivity index (χ4n) is 1.45. The molecule has 2 unspecified atom stereocenters. The van der Waals surface area contributed by atoms with Crippen LogP contribution in [0.2, 0.25) is 0 Å². The van der Waals surface area contributed by atoms with Crippen molar-refractivity contribution in [3.8, 4) is 0 Å². The lowest BCUT2D eigenvalue weighted by Gasteiger charge is -2.13. The average molecular weight is 312 g/mol. The third-order valence-corrected chi connectivity index (χ3v) is 3.73. The van der Waals surface area contributed by atoms with Crippen LogP contribution in [0.15, 0.2) is 0 Å². The molecule has 1 saturated heterocycles. The molecule has 0 aromatic heterocycles. The molecule has 2 rings (SSSR count). The van der Waals surface area contributed by atoms with E-state index in [1.807, 2.05) is 0 Å². The Labute approximate surface area is 98.6 Å². The van der Waals surface area contributed by atoms with Crippen molar-refractivity contribution >= 4 is 22.6 Å². The first-order chi connectivity index (χ1) is 6.86.